The molecule has 1 aliphatic carbocycles. The summed E-state index contributed by atoms with van der Waals surface area (Å²) in [5, 5.41) is 12.2. The first-order chi connectivity index (χ1) is 6.07. The Morgan fingerprint density at radius 2 is 2.08 bits per heavy atom. The number of carbonyl (C=O) groups excluding carboxylic acids is 1. The summed E-state index contributed by atoms with van der Waals surface area (Å²) in [6.45, 7) is 3.92. The maximum atomic E-state index is 10.3. The van der Waals surface area contributed by atoms with Gasteiger partial charge in [-0.1, -0.05) is 0 Å². The van der Waals surface area contributed by atoms with Crippen molar-refractivity contribution in [1.82, 2.24) is 5.32 Å². The second-order valence-corrected chi connectivity index (χ2v) is 4.40. The van der Waals surface area contributed by atoms with Gasteiger partial charge in [0.2, 0.25) is 6.41 Å². The lowest BCUT2D eigenvalue weighted by Crippen LogP contribution is -2.45. The number of hydrogen-bond donors (Lipinski definition) is 2. The molecule has 1 rings (SSSR count). The molecule has 1 fully saturated rings. The van der Waals surface area contributed by atoms with E-state index in [0.29, 0.717) is 5.92 Å². The van der Waals surface area contributed by atoms with Gasteiger partial charge in [0.1, 0.15) is 0 Å². The third-order valence-corrected chi connectivity index (χ3v) is 3.22. The summed E-state index contributed by atoms with van der Waals surface area (Å²) >= 11 is 0. The molecule has 0 heterocycles. The molecule has 1 unspecified atom stereocenters. The van der Waals surface area contributed by atoms with Crippen LogP contribution in [0.5, 0.6) is 0 Å². The monoisotopic (exact) mass is 185 g/mol. The van der Waals surface area contributed by atoms with Gasteiger partial charge in [0.05, 0.1) is 6.10 Å². The molecule has 0 aromatic rings. The van der Waals surface area contributed by atoms with Crippen LogP contribution in [0.1, 0.15) is 39.5 Å². The Labute approximate surface area is 79.5 Å². The van der Waals surface area contributed by atoms with Gasteiger partial charge in [-0.3, -0.25) is 4.79 Å². The number of nitrogens with one attached hydrogen (secondary N) is 1. The Morgan fingerprint density at radius 3 is 2.46 bits per heavy atom. The quantitative estimate of drug-likeness (QED) is 0.646. The minimum atomic E-state index is -0.208. The number of rotatable bonds is 3. The molecule has 0 aromatic carbocycles. The Balaban J connectivity index is 2.41. The largest absolute Gasteiger partial charge is 0.393 e. The zero-order chi connectivity index (χ0) is 9.90. The van der Waals surface area contributed by atoms with Crippen LogP contribution in [0.25, 0.3) is 0 Å². The highest BCUT2D eigenvalue weighted by Gasteiger charge is 2.31. The van der Waals surface area contributed by atoms with Crippen LogP contribution in [0, 0.1) is 5.92 Å². The summed E-state index contributed by atoms with van der Waals surface area (Å²) in [7, 11) is 0. The molecular formula is C10H19NO2. The van der Waals surface area contributed by atoms with Crippen LogP contribution in [0.15, 0.2) is 0 Å². The minimum Gasteiger partial charge on any atom is -0.393 e. The maximum absolute atomic E-state index is 10.3. The smallest absolute Gasteiger partial charge is 0.207 e. The highest BCUT2D eigenvalue weighted by Crippen LogP contribution is 2.33. The Hall–Kier alpha value is -0.570. The van der Waals surface area contributed by atoms with Crippen molar-refractivity contribution in [3.05, 3.63) is 0 Å². The molecule has 76 valence electrons. The van der Waals surface area contributed by atoms with Gasteiger partial charge in [0.25, 0.3) is 0 Å². The zero-order valence-electron chi connectivity index (χ0n) is 8.42. The van der Waals surface area contributed by atoms with Crippen molar-refractivity contribution in [3.63, 3.8) is 0 Å². The number of carbonyl (C=O) groups is 1. The molecule has 0 spiro atoms. The molecule has 0 bridgehead atoms. The predicted molar refractivity (Wildman–Crippen MR) is 51.2 cm³/mol. The van der Waals surface area contributed by atoms with Gasteiger partial charge in [0.15, 0.2) is 0 Å². The topological polar surface area (TPSA) is 49.3 Å². The molecule has 1 aliphatic rings. The Morgan fingerprint density at radius 1 is 1.54 bits per heavy atom. The minimum absolute atomic E-state index is 0.0346. The van der Waals surface area contributed by atoms with Crippen molar-refractivity contribution in [2.45, 2.75) is 51.2 Å². The lowest BCUT2D eigenvalue weighted by Gasteiger charge is -2.37. The molecule has 1 saturated carbocycles. The Bertz CT molecular complexity index is 172. The van der Waals surface area contributed by atoms with E-state index in [2.05, 4.69) is 12.2 Å². The van der Waals surface area contributed by atoms with E-state index in [-0.39, 0.29) is 11.6 Å². The SMILES string of the molecule is CC(O)C1CCC(C)(NC=O)CC1. The third kappa shape index (κ3) is 2.69. The second kappa shape index (κ2) is 4.09. The summed E-state index contributed by atoms with van der Waals surface area (Å²) in [5.74, 6) is 0.418. The van der Waals surface area contributed by atoms with E-state index < -0.39 is 0 Å². The summed E-state index contributed by atoms with van der Waals surface area (Å²) < 4.78 is 0. The first-order valence-corrected chi connectivity index (χ1v) is 4.97. The van der Waals surface area contributed by atoms with Crippen LogP contribution in [-0.4, -0.2) is 23.2 Å². The van der Waals surface area contributed by atoms with Crippen LogP contribution >= 0.6 is 0 Å². The molecule has 2 N–H and O–H groups in total. The molecule has 0 aliphatic heterocycles. The van der Waals surface area contributed by atoms with Crippen LogP contribution in [0.4, 0.5) is 0 Å². The number of hydrogen-bond acceptors (Lipinski definition) is 2. The molecule has 1 atom stereocenters. The van der Waals surface area contributed by atoms with Crippen LogP contribution in [0.3, 0.4) is 0 Å². The lowest BCUT2D eigenvalue weighted by molar-refractivity contribution is -0.111. The van der Waals surface area contributed by atoms with E-state index in [0.717, 1.165) is 32.1 Å². The van der Waals surface area contributed by atoms with Gasteiger partial charge in [-0.2, -0.15) is 0 Å². The molecule has 3 nitrogen and oxygen atoms in total. The summed E-state index contributed by atoms with van der Waals surface area (Å²) in [5.41, 5.74) is -0.0346. The predicted octanol–water partition coefficient (Wildman–Crippen LogP) is 1.06. The van der Waals surface area contributed by atoms with E-state index in [1.54, 1.807) is 0 Å². The molecule has 0 aromatic heterocycles. The fourth-order valence-corrected chi connectivity index (χ4v) is 2.05. The highest BCUT2D eigenvalue weighted by atomic mass is 16.3. The third-order valence-electron chi connectivity index (χ3n) is 3.22. The van der Waals surface area contributed by atoms with Crippen LogP contribution < -0.4 is 5.32 Å². The lowest BCUT2D eigenvalue weighted by atomic mass is 9.76. The molecule has 13 heavy (non-hydrogen) atoms. The van der Waals surface area contributed by atoms with Crippen molar-refractivity contribution in [2.75, 3.05) is 0 Å². The van der Waals surface area contributed by atoms with E-state index in [1.165, 1.54) is 0 Å². The maximum Gasteiger partial charge on any atom is 0.207 e. The molecule has 0 saturated heterocycles. The van der Waals surface area contributed by atoms with Gasteiger partial charge in [-0.05, 0) is 45.4 Å². The van der Waals surface area contributed by atoms with E-state index in [1.807, 2.05) is 6.92 Å². The fourth-order valence-electron chi connectivity index (χ4n) is 2.05. The average molecular weight is 185 g/mol. The van der Waals surface area contributed by atoms with Crippen molar-refractivity contribution in [1.29, 1.82) is 0 Å². The number of amides is 1. The van der Waals surface area contributed by atoms with Crippen molar-refractivity contribution in [3.8, 4) is 0 Å². The van der Waals surface area contributed by atoms with Gasteiger partial charge >= 0.3 is 0 Å². The van der Waals surface area contributed by atoms with Crippen LogP contribution in [0.2, 0.25) is 0 Å². The first-order valence-electron chi connectivity index (χ1n) is 4.97. The summed E-state index contributed by atoms with van der Waals surface area (Å²) in [6, 6.07) is 0. The van der Waals surface area contributed by atoms with Gasteiger partial charge in [-0.25, -0.2) is 0 Å². The van der Waals surface area contributed by atoms with Crippen molar-refractivity contribution < 1.29 is 9.90 Å². The Kier molecular flexibility index (Phi) is 3.31. The average Bonchev–Trinajstić information content (AvgIpc) is 2.05. The molecule has 1 amide bonds. The van der Waals surface area contributed by atoms with Crippen molar-refractivity contribution in [2.24, 2.45) is 5.92 Å². The first kappa shape index (κ1) is 10.5. The second-order valence-electron chi connectivity index (χ2n) is 4.40. The number of aliphatic hydroxyl groups excluding tert-OH is 1. The summed E-state index contributed by atoms with van der Waals surface area (Å²) in [4.78, 5) is 10.3. The van der Waals surface area contributed by atoms with E-state index in [4.69, 9.17) is 0 Å². The molecule has 3 heteroatoms. The normalized spacial score (nSPS) is 36.7. The molecular weight excluding hydrogens is 166 g/mol. The van der Waals surface area contributed by atoms with Crippen LogP contribution in [-0.2, 0) is 4.79 Å². The molecule has 0 radical (unpaired) electrons. The fraction of sp³-hybridized carbons (Fsp3) is 0.900. The number of aliphatic hydroxyl groups is 1. The highest BCUT2D eigenvalue weighted by molar-refractivity contribution is 5.47. The standard InChI is InChI=1S/C10H19NO2/c1-8(13)9-3-5-10(2,6-4-9)11-7-12/h7-9,13H,3-6H2,1-2H3,(H,11,12). The van der Waals surface area contributed by atoms with E-state index in [9.17, 15) is 9.90 Å². The van der Waals surface area contributed by atoms with E-state index >= 15 is 0 Å². The van der Waals surface area contributed by atoms with Gasteiger partial charge < -0.3 is 10.4 Å². The van der Waals surface area contributed by atoms with Gasteiger partial charge in [-0.15, -0.1) is 0 Å². The van der Waals surface area contributed by atoms with Gasteiger partial charge in [0, 0.05) is 5.54 Å². The summed E-state index contributed by atoms with van der Waals surface area (Å²) in [6.07, 6.45) is 4.54. The zero-order valence-corrected chi connectivity index (χ0v) is 8.42. The van der Waals surface area contributed by atoms with Crippen molar-refractivity contribution >= 4 is 6.41 Å².